The molecule has 7 heavy (non-hydrogen) atoms. The maximum absolute atomic E-state index is 8.11. The average Bonchev–Trinajstić information content (AvgIpc) is 1.69. The van der Waals surface area contributed by atoms with Crippen LogP contribution in [0.3, 0.4) is 0 Å². The minimum absolute atomic E-state index is 0.117. The number of hydrogen-bond donors (Lipinski definition) is 0. The van der Waals surface area contributed by atoms with Gasteiger partial charge in [-0.25, -0.2) is 0 Å². The minimum atomic E-state index is -0.769. The molecule has 0 aliphatic rings. The van der Waals surface area contributed by atoms with Crippen molar-refractivity contribution in [3.8, 4) is 3.83 Å². The van der Waals surface area contributed by atoms with E-state index in [4.69, 9.17) is 5.26 Å². The van der Waals surface area contributed by atoms with E-state index in [-0.39, 0.29) is 17.6 Å². The van der Waals surface area contributed by atoms with Crippen LogP contribution in [0.2, 0.25) is 0 Å². The zero-order valence-electron chi connectivity index (χ0n) is 3.83. The molecule has 0 heterocycles. The van der Waals surface area contributed by atoms with Crippen molar-refractivity contribution < 1.29 is 0 Å². The first-order chi connectivity index (χ1) is 3.41. The van der Waals surface area contributed by atoms with Crippen molar-refractivity contribution in [1.29, 1.82) is 5.26 Å². The van der Waals surface area contributed by atoms with E-state index in [1.807, 2.05) is 0 Å². The first-order valence-electron chi connectivity index (χ1n) is 1.85. The Morgan fingerprint density at radius 1 is 1.57 bits per heavy atom. The van der Waals surface area contributed by atoms with Gasteiger partial charge in [0.25, 0.3) is 0 Å². The van der Waals surface area contributed by atoms with E-state index in [1.165, 1.54) is 19.1 Å². The van der Waals surface area contributed by atoms with Gasteiger partial charge in [0.1, 0.15) is 0 Å². The zero-order chi connectivity index (χ0) is 5.54. The van der Waals surface area contributed by atoms with Crippen molar-refractivity contribution >= 4 is 59.6 Å². The molecule has 4 heteroatoms. The molecule has 0 N–H and O–H groups in total. The molecule has 0 fully saturated rings. The molecule has 0 aromatic carbocycles. The molecule has 0 aromatic heterocycles. The topological polar surface area (TPSA) is 23.8 Å². The van der Waals surface area contributed by atoms with E-state index >= 15 is 0 Å². The SMILES string of the molecule is N#[C][In]/[CH]=[CH]\[In]=[In]. The van der Waals surface area contributed by atoms with Crippen LogP contribution in [0, 0.1) is 9.09 Å². The van der Waals surface area contributed by atoms with Gasteiger partial charge in [0.2, 0.25) is 0 Å². The molecule has 0 bridgehead atoms. The van der Waals surface area contributed by atoms with E-state index in [9.17, 15) is 0 Å². The van der Waals surface area contributed by atoms with Crippen molar-refractivity contribution in [2.75, 3.05) is 0 Å². The molecule has 0 aliphatic carbocycles. The van der Waals surface area contributed by atoms with Crippen molar-refractivity contribution in [3.63, 3.8) is 0 Å². The van der Waals surface area contributed by atoms with Crippen molar-refractivity contribution in [3.05, 3.63) is 7.67 Å². The molecule has 0 rings (SSSR count). The van der Waals surface area contributed by atoms with Crippen LogP contribution < -0.4 is 0 Å². The Morgan fingerprint density at radius 3 is 2.71 bits per heavy atom. The molecule has 0 aliphatic heterocycles. The predicted octanol–water partition coefficient (Wildman–Crippen LogP) is -0.569. The van der Waals surface area contributed by atoms with Crippen molar-refractivity contribution in [2.24, 2.45) is 0 Å². The number of rotatable bonds is 2. The van der Waals surface area contributed by atoms with Crippen LogP contribution in [0.25, 0.3) is 0 Å². The van der Waals surface area contributed by atoms with Gasteiger partial charge in [0.05, 0.1) is 0 Å². The summed E-state index contributed by atoms with van der Waals surface area (Å²) in [5, 5.41) is 8.11. The fourth-order valence-corrected chi connectivity index (χ4v) is 22.2. The van der Waals surface area contributed by atoms with Crippen LogP contribution in [-0.4, -0.2) is 59.6 Å². The van der Waals surface area contributed by atoms with Gasteiger partial charge in [-0.05, 0) is 0 Å². The summed E-state index contributed by atoms with van der Waals surface area (Å²) in [7, 11) is 0. The van der Waals surface area contributed by atoms with Gasteiger partial charge in [-0.1, -0.05) is 0 Å². The van der Waals surface area contributed by atoms with Gasteiger partial charge < -0.3 is 0 Å². The molecule has 0 unspecified atom stereocenters. The van der Waals surface area contributed by atoms with Crippen LogP contribution in [0.4, 0.5) is 0 Å². The van der Waals surface area contributed by atoms with E-state index in [0.29, 0.717) is 0 Å². The molecule has 0 aromatic rings. The summed E-state index contributed by atoms with van der Waals surface area (Å²) >= 11 is 0.598. The standard InChI is InChI=1S/C2H2.CN.3In/c2*1-2;;;/h1-2H;;;;. The Morgan fingerprint density at radius 2 is 2.29 bits per heavy atom. The van der Waals surface area contributed by atoms with E-state index < -0.39 is 22.9 Å². The molecule has 0 amide bonds. The van der Waals surface area contributed by atoms with Crippen molar-refractivity contribution in [1.82, 2.24) is 0 Å². The first-order valence-corrected chi connectivity index (χ1v) is 22.0. The average molecular weight is 397 g/mol. The third-order valence-corrected chi connectivity index (χ3v) is 11.1. The zero-order valence-corrected chi connectivity index (χ0v) is 13.7. The normalized spacial score (nSPS) is 7.14. The Kier molecular flexibility index (Phi) is 9.90. The summed E-state index contributed by atoms with van der Waals surface area (Å²) in [6.45, 7) is 0. The first kappa shape index (κ1) is 8.84. The number of nitriles is 1. The second-order valence-corrected chi connectivity index (χ2v) is 13.2. The number of hydrogen-bond acceptors (Lipinski definition) is 1. The fourth-order valence-electron chi connectivity index (χ4n) is 0.163. The maximum atomic E-state index is 8.11. The van der Waals surface area contributed by atoms with Crippen LogP contribution in [0.1, 0.15) is 0 Å². The Bertz CT molecular complexity index is 112. The van der Waals surface area contributed by atoms with Crippen LogP contribution >= 0.6 is 0 Å². The fraction of sp³-hybridized carbons (Fsp3) is 0. The molecule has 2 radical (unpaired) electrons. The predicted molar refractivity (Wildman–Crippen MR) is 32.0 cm³/mol. The van der Waals surface area contributed by atoms with Crippen molar-refractivity contribution in [2.45, 2.75) is 0 Å². The van der Waals surface area contributed by atoms with Gasteiger partial charge in [-0.3, -0.25) is 0 Å². The molecular formula is C3H2In3N. The summed E-state index contributed by atoms with van der Waals surface area (Å²) in [6.07, 6.45) is 0. The summed E-state index contributed by atoms with van der Waals surface area (Å²) in [5.74, 6) is 0. The van der Waals surface area contributed by atoms with Crippen LogP contribution in [-0.2, 0) is 0 Å². The molecule has 1 nitrogen and oxygen atoms in total. The van der Waals surface area contributed by atoms with Crippen LogP contribution in [0.5, 0.6) is 0 Å². The van der Waals surface area contributed by atoms with Gasteiger partial charge in [-0.15, -0.1) is 0 Å². The third kappa shape index (κ3) is 7.84. The van der Waals surface area contributed by atoms with E-state index in [0.717, 1.165) is 0 Å². The second kappa shape index (κ2) is 7.84. The molecule has 0 saturated heterocycles. The Labute approximate surface area is 74.7 Å². The second-order valence-electron chi connectivity index (χ2n) is 0.873. The van der Waals surface area contributed by atoms with E-state index in [1.54, 1.807) is 0 Å². The summed E-state index contributed by atoms with van der Waals surface area (Å²) < 4.78 is 6.75. The van der Waals surface area contributed by atoms with Gasteiger partial charge in [-0.2, -0.15) is 0 Å². The number of nitrogens with zero attached hydrogens (tertiary/aromatic N) is 1. The Balaban J connectivity index is 3.13. The molecule has 0 spiro atoms. The molecule has 28 valence electrons. The van der Waals surface area contributed by atoms with E-state index in [2.05, 4.69) is 11.5 Å². The summed E-state index contributed by atoms with van der Waals surface area (Å²) in [6, 6.07) is 0. The summed E-state index contributed by atoms with van der Waals surface area (Å²) in [4.78, 5) is 0. The quantitative estimate of drug-likeness (QED) is 0.614. The molecule has 0 saturated carbocycles. The van der Waals surface area contributed by atoms with Gasteiger partial charge in [0.15, 0.2) is 0 Å². The van der Waals surface area contributed by atoms with Gasteiger partial charge in [0, 0.05) is 0 Å². The molecule has 0 atom stereocenters. The van der Waals surface area contributed by atoms with Crippen LogP contribution in [0.15, 0.2) is 7.67 Å². The molecular weight excluding hydrogens is 394 g/mol. The monoisotopic (exact) mass is 397 g/mol. The van der Waals surface area contributed by atoms with Gasteiger partial charge >= 0.3 is 76.3 Å². The summed E-state index contributed by atoms with van der Waals surface area (Å²) in [5.41, 5.74) is 0. The third-order valence-electron chi connectivity index (χ3n) is 0.393. The Hall–Kier alpha value is 1.84.